The molecule has 0 aliphatic carbocycles. The summed E-state index contributed by atoms with van der Waals surface area (Å²) in [5.41, 5.74) is 0.214. The van der Waals surface area contributed by atoms with Crippen molar-refractivity contribution >= 4 is 26.9 Å². The van der Waals surface area contributed by atoms with Gasteiger partial charge in [0.25, 0.3) is 0 Å². The molecule has 186 valence electrons. The third-order valence-electron chi connectivity index (χ3n) is 6.18. The van der Waals surface area contributed by atoms with Crippen LogP contribution in [0.5, 0.6) is 11.5 Å². The van der Waals surface area contributed by atoms with E-state index in [1.165, 1.54) is 18.2 Å². The summed E-state index contributed by atoms with van der Waals surface area (Å²) < 4.78 is 59.8. The first kappa shape index (κ1) is 24.4. The predicted molar refractivity (Wildman–Crippen MR) is 133 cm³/mol. The van der Waals surface area contributed by atoms with Gasteiger partial charge < -0.3 is 13.9 Å². The van der Waals surface area contributed by atoms with Gasteiger partial charge in [-0.2, -0.15) is 13.2 Å². The first-order chi connectivity index (χ1) is 17.3. The number of halogens is 4. The van der Waals surface area contributed by atoms with Crippen LogP contribution in [0.3, 0.4) is 0 Å². The number of nitrogens with zero attached hydrogens (tertiary/aromatic N) is 1. The van der Waals surface area contributed by atoms with E-state index in [0.717, 1.165) is 11.3 Å². The molecule has 0 N–H and O–H groups in total. The molecule has 0 fully saturated rings. The summed E-state index contributed by atoms with van der Waals surface area (Å²) in [5.74, 6) is -0.145. The minimum atomic E-state index is -4.86. The Bertz CT molecular complexity index is 1480. The minimum Gasteiger partial charge on any atom is -0.496 e. The molecule has 5 nitrogen and oxygen atoms in total. The lowest BCUT2D eigenvalue weighted by Gasteiger charge is -2.29. The van der Waals surface area contributed by atoms with Gasteiger partial charge in [0, 0.05) is 17.6 Å². The number of methoxy groups -OCH3 is 1. The van der Waals surface area contributed by atoms with E-state index in [-0.39, 0.29) is 29.8 Å². The molecule has 0 unspecified atom stereocenters. The highest BCUT2D eigenvalue weighted by atomic mass is 79.9. The molecule has 4 aromatic rings. The fraction of sp³-hybridized carbons (Fsp3) is 0.222. The molecule has 0 bridgehead atoms. The SMILES string of the molecule is COc1ccccc1CCN1COc2ccc3c(=O)c(-c4ccc(Br)cc4)c(C(F)(F)F)oc3c2C1. The fourth-order valence-corrected chi connectivity index (χ4v) is 4.69. The van der Waals surface area contributed by atoms with E-state index in [9.17, 15) is 18.0 Å². The first-order valence-corrected chi connectivity index (χ1v) is 12.0. The number of hydrogen-bond donors (Lipinski definition) is 0. The number of hydrogen-bond acceptors (Lipinski definition) is 5. The molecular formula is C27H21BrF3NO4. The smallest absolute Gasteiger partial charge is 0.450 e. The molecule has 0 atom stereocenters. The highest BCUT2D eigenvalue weighted by Crippen LogP contribution is 2.40. The molecule has 1 aliphatic rings. The molecule has 0 amide bonds. The average molecular weight is 560 g/mol. The second-order valence-corrected chi connectivity index (χ2v) is 9.36. The molecule has 0 saturated heterocycles. The van der Waals surface area contributed by atoms with E-state index in [1.54, 1.807) is 25.3 Å². The maximum Gasteiger partial charge on any atom is 0.450 e. The Morgan fingerprint density at radius 2 is 1.81 bits per heavy atom. The van der Waals surface area contributed by atoms with Crippen LogP contribution in [-0.2, 0) is 19.1 Å². The van der Waals surface area contributed by atoms with Crippen molar-refractivity contribution in [1.29, 1.82) is 0 Å². The van der Waals surface area contributed by atoms with E-state index < -0.39 is 22.9 Å². The number of benzene rings is 3. The van der Waals surface area contributed by atoms with Crippen molar-refractivity contribution in [2.75, 3.05) is 20.4 Å². The lowest BCUT2D eigenvalue weighted by molar-refractivity contribution is -0.152. The number of rotatable bonds is 5. The van der Waals surface area contributed by atoms with Crippen molar-refractivity contribution in [1.82, 2.24) is 4.90 Å². The van der Waals surface area contributed by atoms with Gasteiger partial charge in [-0.25, -0.2) is 0 Å². The standard InChI is InChI=1S/C27H21BrF3NO4/c1-34-21-5-3-2-4-16(21)12-13-32-14-20-22(35-15-32)11-10-19-24(33)23(17-6-8-18(28)9-7-17)26(27(29,30)31)36-25(19)20/h2-11H,12-15H2,1H3. The van der Waals surface area contributed by atoms with Crippen molar-refractivity contribution in [3.8, 4) is 22.6 Å². The zero-order valence-corrected chi connectivity index (χ0v) is 20.8. The first-order valence-electron chi connectivity index (χ1n) is 11.2. The lowest BCUT2D eigenvalue weighted by Crippen LogP contribution is -2.34. The Morgan fingerprint density at radius 1 is 1.06 bits per heavy atom. The molecule has 0 spiro atoms. The van der Waals surface area contributed by atoms with Crippen molar-refractivity contribution < 1.29 is 27.1 Å². The molecule has 1 aromatic heterocycles. The van der Waals surface area contributed by atoms with Gasteiger partial charge in [0.05, 0.1) is 23.6 Å². The van der Waals surface area contributed by atoms with Crippen LogP contribution in [0.4, 0.5) is 13.2 Å². The second-order valence-electron chi connectivity index (χ2n) is 8.45. The number of fused-ring (bicyclic) bond motifs is 3. The maximum atomic E-state index is 14.1. The third-order valence-corrected chi connectivity index (χ3v) is 6.71. The van der Waals surface area contributed by atoms with Crippen LogP contribution in [0.1, 0.15) is 16.9 Å². The molecular weight excluding hydrogens is 539 g/mol. The summed E-state index contributed by atoms with van der Waals surface area (Å²) in [4.78, 5) is 15.3. The number of alkyl halides is 3. The Morgan fingerprint density at radius 3 is 2.53 bits per heavy atom. The summed E-state index contributed by atoms with van der Waals surface area (Å²) in [5, 5.41) is 0.0786. The van der Waals surface area contributed by atoms with Gasteiger partial charge in [-0.05, 0) is 47.9 Å². The Kier molecular flexibility index (Phi) is 6.53. The second kappa shape index (κ2) is 9.63. The molecule has 1 aliphatic heterocycles. The van der Waals surface area contributed by atoms with Gasteiger partial charge in [0.2, 0.25) is 11.2 Å². The van der Waals surface area contributed by atoms with Gasteiger partial charge in [-0.1, -0.05) is 46.3 Å². The van der Waals surface area contributed by atoms with Crippen LogP contribution in [0.15, 0.2) is 74.3 Å². The van der Waals surface area contributed by atoms with Crippen molar-refractivity contribution in [2.24, 2.45) is 0 Å². The third kappa shape index (κ3) is 4.60. The minimum absolute atomic E-state index is 0.0786. The van der Waals surface area contributed by atoms with Gasteiger partial charge in [0.1, 0.15) is 23.8 Å². The lowest BCUT2D eigenvalue weighted by atomic mass is 10.00. The normalized spacial score (nSPS) is 13.9. The summed E-state index contributed by atoms with van der Waals surface area (Å²) in [7, 11) is 1.61. The molecule has 3 aromatic carbocycles. The quantitative estimate of drug-likeness (QED) is 0.274. The molecule has 2 heterocycles. The summed E-state index contributed by atoms with van der Waals surface area (Å²) in [6.07, 6.45) is -4.21. The molecule has 36 heavy (non-hydrogen) atoms. The highest BCUT2D eigenvalue weighted by Gasteiger charge is 2.40. The Balaban J connectivity index is 1.56. The summed E-state index contributed by atoms with van der Waals surface area (Å²) in [6, 6.07) is 16.8. The number of para-hydroxylation sites is 1. The number of ether oxygens (including phenoxy) is 2. The van der Waals surface area contributed by atoms with Gasteiger partial charge in [-0.3, -0.25) is 9.69 Å². The van der Waals surface area contributed by atoms with Crippen molar-refractivity contribution in [3.05, 3.63) is 92.2 Å². The van der Waals surface area contributed by atoms with E-state index >= 15 is 0 Å². The zero-order valence-electron chi connectivity index (χ0n) is 19.2. The van der Waals surface area contributed by atoms with E-state index in [4.69, 9.17) is 13.9 Å². The van der Waals surface area contributed by atoms with Crippen LogP contribution >= 0.6 is 15.9 Å². The Labute approximate surface area is 213 Å². The van der Waals surface area contributed by atoms with Crippen molar-refractivity contribution in [2.45, 2.75) is 19.1 Å². The highest BCUT2D eigenvalue weighted by molar-refractivity contribution is 9.10. The van der Waals surface area contributed by atoms with E-state index in [2.05, 4.69) is 15.9 Å². The zero-order chi connectivity index (χ0) is 25.4. The molecule has 0 radical (unpaired) electrons. The predicted octanol–water partition coefficient (Wildman–Crippen LogP) is 6.64. The topological polar surface area (TPSA) is 51.9 Å². The Hall–Kier alpha value is -3.30. The van der Waals surface area contributed by atoms with E-state index in [0.29, 0.717) is 28.8 Å². The molecule has 5 rings (SSSR count). The van der Waals surface area contributed by atoms with Crippen LogP contribution in [0.2, 0.25) is 0 Å². The summed E-state index contributed by atoms with van der Waals surface area (Å²) >= 11 is 3.27. The van der Waals surface area contributed by atoms with Gasteiger partial charge in [-0.15, -0.1) is 0 Å². The van der Waals surface area contributed by atoms with Crippen LogP contribution in [0.25, 0.3) is 22.1 Å². The largest absolute Gasteiger partial charge is 0.496 e. The van der Waals surface area contributed by atoms with Crippen molar-refractivity contribution in [3.63, 3.8) is 0 Å². The maximum absolute atomic E-state index is 14.1. The van der Waals surface area contributed by atoms with Gasteiger partial charge >= 0.3 is 6.18 Å². The summed E-state index contributed by atoms with van der Waals surface area (Å²) in [6.45, 7) is 1.12. The average Bonchev–Trinajstić information content (AvgIpc) is 2.87. The van der Waals surface area contributed by atoms with Crippen LogP contribution in [0, 0.1) is 0 Å². The van der Waals surface area contributed by atoms with E-state index in [1.807, 2.05) is 29.2 Å². The monoisotopic (exact) mass is 559 g/mol. The van der Waals surface area contributed by atoms with Gasteiger partial charge in [0.15, 0.2) is 0 Å². The van der Waals surface area contributed by atoms with Crippen LogP contribution < -0.4 is 14.9 Å². The van der Waals surface area contributed by atoms with Crippen LogP contribution in [-0.4, -0.2) is 25.3 Å². The molecule has 9 heteroatoms. The molecule has 0 saturated carbocycles. The fourth-order valence-electron chi connectivity index (χ4n) is 4.42.